The molecule has 0 aliphatic carbocycles. The molecule has 11 nitrogen and oxygen atoms in total. The summed E-state index contributed by atoms with van der Waals surface area (Å²) in [7, 11) is -8.08. The van der Waals surface area contributed by atoms with Crippen LogP contribution in [0.2, 0.25) is 0 Å². The molecule has 0 spiro atoms. The number of nitrogens with one attached hydrogen (secondary N) is 2. The summed E-state index contributed by atoms with van der Waals surface area (Å²) in [4.78, 5) is 24.1. The molecule has 0 saturated heterocycles. The second-order valence-corrected chi connectivity index (χ2v) is 11.5. The van der Waals surface area contributed by atoms with E-state index in [0.29, 0.717) is 10.7 Å². The highest BCUT2D eigenvalue weighted by Gasteiger charge is 2.28. The number of benzene rings is 3. The molecule has 0 aliphatic rings. The monoisotopic (exact) mass is 546 g/mol. The summed E-state index contributed by atoms with van der Waals surface area (Å²) in [5, 5.41) is 16.5. The van der Waals surface area contributed by atoms with Crippen LogP contribution in [-0.2, 0) is 36.1 Å². The zero-order valence-corrected chi connectivity index (χ0v) is 21.2. The molecule has 37 heavy (non-hydrogen) atoms. The molecule has 3 rings (SSSR count). The lowest BCUT2D eigenvalue weighted by Crippen LogP contribution is -2.45. The number of carbonyl (C=O) groups is 2. The van der Waals surface area contributed by atoms with Gasteiger partial charge in [0.2, 0.25) is 26.0 Å². The minimum absolute atomic E-state index is 0.0416. The highest BCUT2D eigenvalue weighted by Crippen LogP contribution is 2.23. The summed E-state index contributed by atoms with van der Waals surface area (Å²) in [6, 6.07) is 21.1. The third-order valence-electron chi connectivity index (χ3n) is 5.35. The van der Waals surface area contributed by atoms with E-state index in [9.17, 15) is 26.4 Å². The van der Waals surface area contributed by atoms with E-state index in [-0.39, 0.29) is 16.3 Å². The van der Waals surface area contributed by atoms with Crippen LogP contribution in [0.4, 0.5) is 0 Å². The zero-order valence-electron chi connectivity index (χ0n) is 19.6. The summed E-state index contributed by atoms with van der Waals surface area (Å²) in [5.74, 6) is -1.68. The van der Waals surface area contributed by atoms with Gasteiger partial charge in [0, 0.05) is 6.54 Å². The van der Waals surface area contributed by atoms with E-state index < -0.39 is 45.0 Å². The van der Waals surface area contributed by atoms with Gasteiger partial charge >= 0.3 is 0 Å². The zero-order chi connectivity index (χ0) is 27.1. The van der Waals surface area contributed by atoms with Gasteiger partial charge in [-0.1, -0.05) is 54.6 Å². The van der Waals surface area contributed by atoms with E-state index >= 15 is 0 Å². The molecule has 0 aliphatic heterocycles. The fourth-order valence-electron chi connectivity index (χ4n) is 3.43. The Morgan fingerprint density at radius 3 is 1.86 bits per heavy atom. The molecule has 196 valence electrons. The summed E-state index contributed by atoms with van der Waals surface area (Å²) in [6.45, 7) is -1.32. The predicted molar refractivity (Wildman–Crippen MR) is 135 cm³/mol. The van der Waals surface area contributed by atoms with Crippen molar-refractivity contribution in [2.75, 3.05) is 19.6 Å². The Labute approximate surface area is 215 Å². The van der Waals surface area contributed by atoms with E-state index in [1.54, 1.807) is 24.3 Å². The van der Waals surface area contributed by atoms with Crippen LogP contribution in [0.3, 0.4) is 0 Å². The Kier molecular flexibility index (Phi) is 9.13. The van der Waals surface area contributed by atoms with Gasteiger partial charge in [-0.2, -0.15) is 4.31 Å². The van der Waals surface area contributed by atoms with Crippen molar-refractivity contribution in [3.05, 3.63) is 84.4 Å². The number of hydrogen-bond acceptors (Lipinski definition) is 7. The molecule has 0 radical (unpaired) electrons. The lowest BCUT2D eigenvalue weighted by atomic mass is 10.1. The molecule has 13 heteroatoms. The van der Waals surface area contributed by atoms with Gasteiger partial charge in [-0.15, -0.1) is 0 Å². The lowest BCUT2D eigenvalue weighted by molar-refractivity contribution is -0.129. The van der Waals surface area contributed by atoms with Crippen LogP contribution in [0.1, 0.15) is 5.56 Å². The van der Waals surface area contributed by atoms with Crippen molar-refractivity contribution in [1.82, 2.24) is 15.1 Å². The molecular formula is C24H26N4O7S2. The molecule has 3 aromatic rings. The van der Waals surface area contributed by atoms with Crippen molar-refractivity contribution >= 4 is 31.9 Å². The SMILES string of the molecule is NS(=O)(=O)c1ccc(CCNC(=O)CN(CC(=O)NO)S(=O)(=O)c2ccc(-c3ccccc3)cc2)cc1. The average Bonchev–Trinajstić information content (AvgIpc) is 2.88. The normalized spacial score (nSPS) is 11.8. The molecule has 0 bridgehead atoms. The summed E-state index contributed by atoms with van der Waals surface area (Å²) < 4.78 is 49.7. The first-order chi connectivity index (χ1) is 17.5. The van der Waals surface area contributed by atoms with Crippen LogP contribution in [-0.4, -0.2) is 57.8 Å². The first-order valence-corrected chi connectivity index (χ1v) is 14.0. The van der Waals surface area contributed by atoms with E-state index in [4.69, 9.17) is 10.3 Å². The number of hydroxylamine groups is 1. The van der Waals surface area contributed by atoms with Crippen molar-refractivity contribution in [3.8, 4) is 11.1 Å². The van der Waals surface area contributed by atoms with Crippen molar-refractivity contribution in [1.29, 1.82) is 0 Å². The minimum atomic E-state index is -4.26. The van der Waals surface area contributed by atoms with E-state index in [1.165, 1.54) is 29.7 Å². The number of rotatable bonds is 11. The van der Waals surface area contributed by atoms with Crippen molar-refractivity contribution in [2.45, 2.75) is 16.2 Å². The Morgan fingerprint density at radius 2 is 1.30 bits per heavy atom. The molecule has 0 unspecified atom stereocenters. The third-order valence-corrected chi connectivity index (χ3v) is 8.09. The van der Waals surface area contributed by atoms with Gasteiger partial charge in [0.25, 0.3) is 5.91 Å². The molecule has 5 N–H and O–H groups in total. The molecule has 0 aromatic heterocycles. The molecule has 0 fully saturated rings. The van der Waals surface area contributed by atoms with Crippen LogP contribution in [0.25, 0.3) is 11.1 Å². The topological polar surface area (TPSA) is 176 Å². The van der Waals surface area contributed by atoms with Crippen molar-refractivity contribution < 1.29 is 31.6 Å². The van der Waals surface area contributed by atoms with Crippen LogP contribution in [0, 0.1) is 0 Å². The van der Waals surface area contributed by atoms with E-state index in [0.717, 1.165) is 16.7 Å². The second kappa shape index (κ2) is 12.1. The van der Waals surface area contributed by atoms with Crippen LogP contribution < -0.4 is 15.9 Å². The van der Waals surface area contributed by atoms with E-state index in [2.05, 4.69) is 5.32 Å². The average molecular weight is 547 g/mol. The van der Waals surface area contributed by atoms with Gasteiger partial charge in [-0.25, -0.2) is 27.5 Å². The van der Waals surface area contributed by atoms with Gasteiger partial charge in [0.1, 0.15) is 0 Å². The predicted octanol–water partition coefficient (Wildman–Crippen LogP) is 0.856. The number of primary sulfonamides is 1. The Hall–Kier alpha value is -3.62. The molecule has 0 heterocycles. The van der Waals surface area contributed by atoms with Crippen molar-refractivity contribution in [2.24, 2.45) is 5.14 Å². The molecule has 2 amide bonds. The maximum Gasteiger partial charge on any atom is 0.258 e. The van der Waals surface area contributed by atoms with Gasteiger partial charge < -0.3 is 5.32 Å². The first kappa shape index (κ1) is 28.0. The maximum atomic E-state index is 13.2. The Morgan fingerprint density at radius 1 is 0.757 bits per heavy atom. The van der Waals surface area contributed by atoms with Gasteiger partial charge in [-0.3, -0.25) is 14.8 Å². The lowest BCUT2D eigenvalue weighted by Gasteiger charge is -2.21. The second-order valence-electron chi connectivity index (χ2n) is 7.99. The van der Waals surface area contributed by atoms with Crippen molar-refractivity contribution in [3.63, 3.8) is 0 Å². The molecular weight excluding hydrogens is 520 g/mol. The fraction of sp³-hybridized carbons (Fsp3) is 0.167. The highest BCUT2D eigenvalue weighted by molar-refractivity contribution is 7.89. The van der Waals surface area contributed by atoms with Crippen LogP contribution in [0.15, 0.2) is 88.7 Å². The Balaban J connectivity index is 1.67. The number of hydrogen-bond donors (Lipinski definition) is 4. The minimum Gasteiger partial charge on any atom is -0.355 e. The number of sulfonamides is 2. The number of nitrogens with zero attached hydrogens (tertiary/aromatic N) is 1. The number of amides is 2. The largest absolute Gasteiger partial charge is 0.355 e. The maximum absolute atomic E-state index is 13.2. The highest BCUT2D eigenvalue weighted by atomic mass is 32.2. The summed E-state index contributed by atoms with van der Waals surface area (Å²) in [5.41, 5.74) is 3.77. The standard InChI is InChI=1S/C24H26N4O7S2/c25-36(32,33)21-10-6-18(7-11-21)14-15-26-23(29)16-28(17-24(30)27-31)37(34,35)22-12-8-20(9-13-22)19-4-2-1-3-5-19/h1-13,31H,14-17H2,(H,26,29)(H,27,30)(H2,25,32,33). The molecule has 3 aromatic carbocycles. The van der Waals surface area contributed by atoms with E-state index in [1.807, 2.05) is 30.3 Å². The smallest absolute Gasteiger partial charge is 0.258 e. The first-order valence-electron chi connectivity index (χ1n) is 11.0. The molecule has 0 saturated carbocycles. The van der Waals surface area contributed by atoms with Gasteiger partial charge in [0.15, 0.2) is 0 Å². The molecule has 0 atom stereocenters. The quantitative estimate of drug-likeness (QED) is 0.204. The van der Waals surface area contributed by atoms with Crippen LogP contribution >= 0.6 is 0 Å². The Bertz CT molecular complexity index is 1440. The third kappa shape index (κ3) is 7.68. The van der Waals surface area contributed by atoms with Gasteiger partial charge in [-0.05, 0) is 47.4 Å². The number of nitrogens with two attached hydrogens (primary N) is 1. The van der Waals surface area contributed by atoms with Crippen LogP contribution in [0.5, 0.6) is 0 Å². The fourth-order valence-corrected chi connectivity index (χ4v) is 5.30. The van der Waals surface area contributed by atoms with Gasteiger partial charge in [0.05, 0.1) is 22.9 Å². The summed E-state index contributed by atoms with van der Waals surface area (Å²) in [6.07, 6.45) is 0.335. The number of carbonyl (C=O) groups excluding carboxylic acids is 2. The summed E-state index contributed by atoms with van der Waals surface area (Å²) >= 11 is 0.